The lowest BCUT2D eigenvalue weighted by Gasteiger charge is -2.04. The van der Waals surface area contributed by atoms with Gasteiger partial charge in [0.2, 0.25) is 0 Å². The Morgan fingerprint density at radius 1 is 1.06 bits per heavy atom. The molecular weight excluding hydrogens is 196 g/mol. The van der Waals surface area contributed by atoms with Crippen LogP contribution in [0.4, 0.5) is 0 Å². The van der Waals surface area contributed by atoms with Gasteiger partial charge in [0.25, 0.3) is 0 Å². The van der Waals surface area contributed by atoms with Crippen LogP contribution in [0.3, 0.4) is 0 Å². The van der Waals surface area contributed by atoms with Crippen LogP contribution < -0.4 is 0 Å². The summed E-state index contributed by atoms with van der Waals surface area (Å²) in [5.41, 5.74) is 3.68. The molecule has 82 valence electrons. The predicted octanol–water partition coefficient (Wildman–Crippen LogP) is 3.49. The monoisotopic (exact) mass is 212 g/mol. The molecule has 0 radical (unpaired) electrons. The van der Waals surface area contributed by atoms with E-state index in [1.54, 1.807) is 6.33 Å². The molecule has 0 aliphatic carbocycles. The summed E-state index contributed by atoms with van der Waals surface area (Å²) in [6, 6.07) is 8.62. The maximum atomic E-state index is 4.04. The van der Waals surface area contributed by atoms with Crippen LogP contribution in [0.2, 0.25) is 0 Å². The lowest BCUT2D eigenvalue weighted by molar-refractivity contribution is 0.795. The highest BCUT2D eigenvalue weighted by molar-refractivity contribution is 5.62. The highest BCUT2D eigenvalue weighted by atomic mass is 14.8. The van der Waals surface area contributed by atoms with E-state index in [-0.39, 0.29) is 0 Å². The average Bonchev–Trinajstić information content (AvgIpc) is 2.38. The molecule has 0 spiro atoms. The van der Waals surface area contributed by atoms with Crippen LogP contribution in [0.5, 0.6) is 0 Å². The van der Waals surface area contributed by atoms with Gasteiger partial charge in [0.1, 0.15) is 6.33 Å². The van der Waals surface area contributed by atoms with Crippen molar-refractivity contribution in [3.63, 3.8) is 0 Å². The first-order chi connectivity index (χ1) is 7.90. The molecule has 0 aliphatic rings. The molecule has 1 aromatic heterocycles. The van der Waals surface area contributed by atoms with Crippen molar-refractivity contribution >= 4 is 0 Å². The van der Waals surface area contributed by atoms with Crippen molar-refractivity contribution in [3.05, 3.63) is 48.5 Å². The van der Waals surface area contributed by atoms with Crippen LogP contribution in [0.25, 0.3) is 11.1 Å². The average molecular weight is 212 g/mol. The van der Waals surface area contributed by atoms with Crippen LogP contribution in [0.15, 0.2) is 43.0 Å². The number of aromatic nitrogens is 2. The van der Waals surface area contributed by atoms with Crippen molar-refractivity contribution in [1.29, 1.82) is 0 Å². The molecule has 2 rings (SSSR count). The van der Waals surface area contributed by atoms with E-state index in [4.69, 9.17) is 0 Å². The number of aryl methyl sites for hydroxylation is 1. The zero-order chi connectivity index (χ0) is 11.2. The third-order valence-electron chi connectivity index (χ3n) is 2.64. The van der Waals surface area contributed by atoms with Crippen LogP contribution in [-0.2, 0) is 6.42 Å². The minimum atomic E-state index is 1.08. The number of nitrogens with zero attached hydrogens (tertiary/aromatic N) is 2. The number of rotatable bonds is 4. The topological polar surface area (TPSA) is 25.8 Å². The molecule has 0 bridgehead atoms. The Morgan fingerprint density at radius 2 is 1.88 bits per heavy atom. The van der Waals surface area contributed by atoms with Gasteiger partial charge < -0.3 is 0 Å². The van der Waals surface area contributed by atoms with E-state index in [0.29, 0.717) is 0 Å². The van der Waals surface area contributed by atoms with E-state index >= 15 is 0 Å². The predicted molar refractivity (Wildman–Crippen MR) is 66.1 cm³/mol. The van der Waals surface area contributed by atoms with Crippen molar-refractivity contribution in [2.45, 2.75) is 26.2 Å². The van der Waals surface area contributed by atoms with Crippen molar-refractivity contribution in [2.75, 3.05) is 0 Å². The van der Waals surface area contributed by atoms with Crippen LogP contribution in [-0.4, -0.2) is 9.97 Å². The first-order valence-electron chi connectivity index (χ1n) is 5.74. The summed E-state index contributed by atoms with van der Waals surface area (Å²) in [5, 5.41) is 0. The lowest BCUT2D eigenvalue weighted by Crippen LogP contribution is -1.87. The van der Waals surface area contributed by atoms with Crippen molar-refractivity contribution < 1.29 is 0 Å². The van der Waals surface area contributed by atoms with Gasteiger partial charge in [-0.15, -0.1) is 0 Å². The van der Waals surface area contributed by atoms with Crippen LogP contribution in [0.1, 0.15) is 25.3 Å². The second-order valence-corrected chi connectivity index (χ2v) is 3.93. The lowest BCUT2D eigenvalue weighted by atomic mass is 10.0. The maximum absolute atomic E-state index is 4.04. The van der Waals surface area contributed by atoms with E-state index in [1.807, 2.05) is 12.4 Å². The van der Waals surface area contributed by atoms with Gasteiger partial charge in [0, 0.05) is 18.0 Å². The third-order valence-corrected chi connectivity index (χ3v) is 2.64. The molecule has 0 atom stereocenters. The normalized spacial score (nSPS) is 10.3. The van der Waals surface area contributed by atoms with Gasteiger partial charge in [-0.1, -0.05) is 37.6 Å². The molecule has 2 aromatic rings. The van der Waals surface area contributed by atoms with Gasteiger partial charge >= 0.3 is 0 Å². The molecule has 0 unspecified atom stereocenters. The summed E-state index contributed by atoms with van der Waals surface area (Å²) in [5.74, 6) is 0. The smallest absolute Gasteiger partial charge is 0.115 e. The quantitative estimate of drug-likeness (QED) is 0.775. The third kappa shape index (κ3) is 2.66. The molecule has 0 saturated carbocycles. The standard InChI is InChI=1S/C14H16N2/c1-2-3-5-12-6-4-7-13(8-12)14-9-15-11-16-10-14/h4,6-11H,2-3,5H2,1H3. The Hall–Kier alpha value is -1.70. The Balaban J connectivity index is 2.22. The van der Waals surface area contributed by atoms with Gasteiger partial charge in [-0.05, 0) is 24.0 Å². The van der Waals surface area contributed by atoms with Gasteiger partial charge in [-0.25, -0.2) is 9.97 Å². The second kappa shape index (κ2) is 5.40. The highest BCUT2D eigenvalue weighted by Gasteiger charge is 1.99. The second-order valence-electron chi connectivity index (χ2n) is 3.93. The molecule has 2 nitrogen and oxygen atoms in total. The fourth-order valence-electron chi connectivity index (χ4n) is 1.74. The number of hydrogen-bond donors (Lipinski definition) is 0. The summed E-state index contributed by atoms with van der Waals surface area (Å²) in [6.07, 6.45) is 8.90. The largest absolute Gasteiger partial charge is 0.244 e. The van der Waals surface area contributed by atoms with Gasteiger partial charge in [0.15, 0.2) is 0 Å². The van der Waals surface area contributed by atoms with Crippen molar-refractivity contribution in [1.82, 2.24) is 9.97 Å². The van der Waals surface area contributed by atoms with Crippen LogP contribution in [0, 0.1) is 0 Å². The summed E-state index contributed by atoms with van der Waals surface area (Å²) < 4.78 is 0. The Morgan fingerprint density at radius 3 is 2.62 bits per heavy atom. The minimum Gasteiger partial charge on any atom is -0.244 e. The highest BCUT2D eigenvalue weighted by Crippen LogP contribution is 2.19. The van der Waals surface area contributed by atoms with Gasteiger partial charge in [-0.2, -0.15) is 0 Å². The molecule has 1 aromatic carbocycles. The van der Waals surface area contributed by atoms with E-state index in [1.165, 1.54) is 24.0 Å². The van der Waals surface area contributed by atoms with Crippen molar-refractivity contribution in [3.8, 4) is 11.1 Å². The zero-order valence-electron chi connectivity index (χ0n) is 9.56. The molecule has 16 heavy (non-hydrogen) atoms. The summed E-state index contributed by atoms with van der Waals surface area (Å²) in [7, 11) is 0. The number of benzene rings is 1. The number of hydrogen-bond acceptors (Lipinski definition) is 2. The van der Waals surface area contributed by atoms with E-state index in [9.17, 15) is 0 Å². The Kier molecular flexibility index (Phi) is 3.65. The minimum absolute atomic E-state index is 1.08. The van der Waals surface area contributed by atoms with E-state index in [0.717, 1.165) is 12.0 Å². The Bertz CT molecular complexity index is 437. The number of unbranched alkanes of at least 4 members (excludes halogenated alkanes) is 1. The molecule has 0 N–H and O–H groups in total. The van der Waals surface area contributed by atoms with Gasteiger partial charge in [0.05, 0.1) is 0 Å². The fraction of sp³-hybridized carbons (Fsp3) is 0.286. The van der Waals surface area contributed by atoms with Crippen molar-refractivity contribution in [2.24, 2.45) is 0 Å². The molecular formula is C14H16N2. The summed E-state index contributed by atoms with van der Waals surface area (Å²) in [6.45, 7) is 2.22. The van der Waals surface area contributed by atoms with E-state index < -0.39 is 0 Å². The van der Waals surface area contributed by atoms with Crippen LogP contribution >= 0.6 is 0 Å². The van der Waals surface area contributed by atoms with E-state index in [2.05, 4.69) is 41.2 Å². The fourth-order valence-corrected chi connectivity index (χ4v) is 1.74. The molecule has 0 aliphatic heterocycles. The SMILES string of the molecule is CCCCc1cccc(-c2cncnc2)c1. The molecule has 0 saturated heterocycles. The first kappa shape index (κ1) is 10.8. The first-order valence-corrected chi connectivity index (χ1v) is 5.74. The molecule has 0 amide bonds. The summed E-state index contributed by atoms with van der Waals surface area (Å²) >= 11 is 0. The van der Waals surface area contributed by atoms with Gasteiger partial charge in [-0.3, -0.25) is 0 Å². The molecule has 0 fully saturated rings. The summed E-state index contributed by atoms with van der Waals surface area (Å²) in [4.78, 5) is 8.08. The maximum Gasteiger partial charge on any atom is 0.115 e. The molecule has 1 heterocycles. The zero-order valence-corrected chi connectivity index (χ0v) is 9.56. The Labute approximate surface area is 96.4 Å². The molecule has 2 heteroatoms.